The molecule has 0 bridgehead atoms. The lowest BCUT2D eigenvalue weighted by atomic mass is 10.2. The van der Waals surface area contributed by atoms with E-state index < -0.39 is 8.07 Å². The number of rotatable bonds is 4. The van der Waals surface area contributed by atoms with E-state index in [2.05, 4.69) is 54.9 Å². The van der Waals surface area contributed by atoms with E-state index in [1.54, 1.807) is 11.3 Å². The van der Waals surface area contributed by atoms with Crippen LogP contribution < -0.4 is 9.69 Å². The van der Waals surface area contributed by atoms with Gasteiger partial charge < -0.3 is 5.11 Å². The maximum atomic E-state index is 9.61. The van der Waals surface area contributed by atoms with Gasteiger partial charge in [-0.2, -0.15) is 0 Å². The van der Waals surface area contributed by atoms with Gasteiger partial charge in [0, 0.05) is 9.75 Å². The van der Waals surface area contributed by atoms with Crippen LogP contribution in [0.3, 0.4) is 0 Å². The van der Waals surface area contributed by atoms with Gasteiger partial charge in [0.25, 0.3) is 0 Å². The molecular weight excluding hydrogens is 312 g/mol. The van der Waals surface area contributed by atoms with Gasteiger partial charge in [-0.1, -0.05) is 49.5 Å². The molecule has 0 spiro atoms. The summed E-state index contributed by atoms with van der Waals surface area (Å²) in [4.78, 5) is 2.69. The number of hydrogen-bond acceptors (Lipinski definition) is 3. The summed E-state index contributed by atoms with van der Waals surface area (Å²) in [7, 11) is -1.75. The molecule has 0 fully saturated rings. The second-order valence-electron chi connectivity index (χ2n) is 5.58. The summed E-state index contributed by atoms with van der Waals surface area (Å²) in [5, 5.41) is 13.1. The molecule has 0 aliphatic carbocycles. The van der Waals surface area contributed by atoms with Crippen LogP contribution in [0.1, 0.15) is 5.56 Å². The normalized spacial score (nSPS) is 11.8. The fourth-order valence-corrected chi connectivity index (χ4v) is 8.14. The summed E-state index contributed by atoms with van der Waals surface area (Å²) in [6.07, 6.45) is 0. The lowest BCUT2D eigenvalue weighted by molar-refractivity contribution is 0.283. The van der Waals surface area contributed by atoms with E-state index in [0.29, 0.717) is 0 Å². The number of aliphatic hydroxyl groups excluding tert-OH is 1. The highest BCUT2D eigenvalue weighted by Crippen LogP contribution is 2.29. The van der Waals surface area contributed by atoms with E-state index in [4.69, 9.17) is 0 Å². The minimum Gasteiger partial charge on any atom is -0.392 e. The predicted octanol–water partition coefficient (Wildman–Crippen LogP) is 3.79. The molecule has 1 nitrogen and oxygen atoms in total. The molecule has 0 saturated heterocycles. The van der Waals surface area contributed by atoms with Crippen LogP contribution in [-0.2, 0) is 6.61 Å². The van der Waals surface area contributed by atoms with Crippen LogP contribution in [0.5, 0.6) is 0 Å². The Kier molecular flexibility index (Phi) is 4.13. The molecule has 3 aromatic rings. The lowest BCUT2D eigenvalue weighted by Gasteiger charge is -2.24. The van der Waals surface area contributed by atoms with Gasteiger partial charge in [-0.3, -0.25) is 0 Å². The van der Waals surface area contributed by atoms with Gasteiger partial charge >= 0.3 is 0 Å². The largest absolute Gasteiger partial charge is 0.392 e. The quantitative estimate of drug-likeness (QED) is 0.722. The van der Waals surface area contributed by atoms with Gasteiger partial charge in [0.2, 0.25) is 0 Å². The topological polar surface area (TPSA) is 20.2 Å². The average Bonchev–Trinajstić information content (AvgIpc) is 3.17. The highest BCUT2D eigenvalue weighted by Gasteiger charge is 2.29. The summed E-state index contributed by atoms with van der Waals surface area (Å²) < 4.78 is 1.46. The number of hydrogen-bond donors (Lipinski definition) is 1. The molecule has 2 heterocycles. The molecule has 4 heteroatoms. The molecule has 0 atom stereocenters. The van der Waals surface area contributed by atoms with Crippen molar-refractivity contribution in [3.05, 3.63) is 59.5 Å². The molecule has 0 unspecified atom stereocenters. The molecule has 21 heavy (non-hydrogen) atoms. The molecule has 3 rings (SSSR count). The Morgan fingerprint density at radius 1 is 0.952 bits per heavy atom. The second kappa shape index (κ2) is 5.89. The zero-order valence-corrected chi connectivity index (χ0v) is 14.8. The van der Waals surface area contributed by atoms with Crippen molar-refractivity contribution in [2.24, 2.45) is 0 Å². The molecule has 0 radical (unpaired) electrons. The van der Waals surface area contributed by atoms with E-state index in [-0.39, 0.29) is 6.61 Å². The Labute approximate surface area is 134 Å². The second-order valence-corrected chi connectivity index (χ2v) is 12.3. The van der Waals surface area contributed by atoms with Crippen molar-refractivity contribution in [1.82, 2.24) is 0 Å². The van der Waals surface area contributed by atoms with Crippen molar-refractivity contribution in [3.63, 3.8) is 0 Å². The third kappa shape index (κ3) is 2.76. The van der Waals surface area contributed by atoms with Crippen LogP contribution in [0.4, 0.5) is 0 Å². The number of aliphatic hydroxyl groups is 1. The first kappa shape index (κ1) is 14.7. The van der Waals surface area contributed by atoms with Crippen molar-refractivity contribution in [1.29, 1.82) is 0 Å². The van der Waals surface area contributed by atoms with Crippen LogP contribution in [-0.4, -0.2) is 13.2 Å². The zero-order chi connectivity index (χ0) is 14.9. The van der Waals surface area contributed by atoms with Crippen LogP contribution in [0.2, 0.25) is 13.1 Å². The summed E-state index contributed by atoms with van der Waals surface area (Å²) in [6.45, 7) is 4.85. The van der Waals surface area contributed by atoms with Crippen molar-refractivity contribution in [3.8, 4) is 9.75 Å². The highest BCUT2D eigenvalue weighted by atomic mass is 32.1. The third-order valence-corrected chi connectivity index (χ3v) is 10.9. The molecule has 0 aliphatic heterocycles. The third-order valence-electron chi connectivity index (χ3n) is 3.85. The molecule has 0 saturated carbocycles. The Morgan fingerprint density at radius 3 is 2.48 bits per heavy atom. The fourth-order valence-electron chi connectivity index (χ4n) is 2.63. The maximum Gasteiger partial charge on any atom is 0.125 e. The first-order valence-electron chi connectivity index (χ1n) is 6.96. The molecule has 1 aromatic carbocycles. The van der Waals surface area contributed by atoms with E-state index in [1.165, 1.54) is 19.4 Å². The lowest BCUT2D eigenvalue weighted by Crippen LogP contribution is -2.52. The molecule has 2 aromatic heterocycles. The Balaban J connectivity index is 2.02. The fraction of sp³-hybridized carbons (Fsp3) is 0.176. The predicted molar refractivity (Wildman–Crippen MR) is 96.7 cm³/mol. The van der Waals surface area contributed by atoms with Gasteiger partial charge in [-0.15, -0.1) is 22.7 Å². The number of benzene rings is 1. The maximum absolute atomic E-state index is 9.61. The van der Waals surface area contributed by atoms with Gasteiger partial charge in [0.15, 0.2) is 0 Å². The highest BCUT2D eigenvalue weighted by molar-refractivity contribution is 7.32. The first-order valence-corrected chi connectivity index (χ1v) is 11.7. The van der Waals surface area contributed by atoms with Gasteiger partial charge in [0.05, 0.1) is 6.61 Å². The van der Waals surface area contributed by atoms with Crippen LogP contribution in [0, 0.1) is 0 Å². The Morgan fingerprint density at radius 2 is 1.76 bits per heavy atom. The molecule has 0 aliphatic rings. The monoisotopic (exact) mass is 330 g/mol. The van der Waals surface area contributed by atoms with Crippen molar-refractivity contribution < 1.29 is 5.11 Å². The van der Waals surface area contributed by atoms with Crippen molar-refractivity contribution >= 4 is 40.4 Å². The van der Waals surface area contributed by atoms with E-state index in [0.717, 1.165) is 5.56 Å². The zero-order valence-electron chi connectivity index (χ0n) is 12.2. The van der Waals surface area contributed by atoms with Gasteiger partial charge in [0.1, 0.15) is 8.07 Å². The summed E-state index contributed by atoms with van der Waals surface area (Å²) in [6, 6.07) is 17.1. The minimum atomic E-state index is -1.75. The Hall–Kier alpha value is -1.20. The standard InChI is InChI=1S/C17H18OS2Si/c1-21(2,16-8-4-3-6-13(16)12-18)17-10-9-15(20-17)14-7-5-11-19-14/h3-11,18H,12H2,1-2H3. The average molecular weight is 331 g/mol. The van der Waals surface area contributed by atoms with Gasteiger partial charge in [-0.25, -0.2) is 0 Å². The first-order chi connectivity index (χ1) is 10.1. The minimum absolute atomic E-state index is 0.121. The van der Waals surface area contributed by atoms with Crippen LogP contribution >= 0.6 is 22.7 Å². The molecule has 1 N–H and O–H groups in total. The SMILES string of the molecule is C[Si](C)(c1ccc(-c2cccs2)s1)c1ccccc1CO. The number of thiophene rings is 2. The summed E-state index contributed by atoms with van der Waals surface area (Å²) in [5.74, 6) is 0. The van der Waals surface area contributed by atoms with Crippen LogP contribution in [0.25, 0.3) is 9.75 Å². The molecular formula is C17H18OS2Si. The van der Waals surface area contributed by atoms with E-state index in [1.807, 2.05) is 23.5 Å². The van der Waals surface area contributed by atoms with Crippen molar-refractivity contribution in [2.75, 3.05) is 0 Å². The van der Waals surface area contributed by atoms with E-state index in [9.17, 15) is 5.11 Å². The molecule has 0 amide bonds. The molecule has 108 valence electrons. The summed E-state index contributed by atoms with van der Waals surface area (Å²) >= 11 is 3.69. The Bertz CT molecular complexity index is 729. The van der Waals surface area contributed by atoms with Crippen LogP contribution in [0.15, 0.2) is 53.9 Å². The van der Waals surface area contributed by atoms with Gasteiger partial charge in [-0.05, 0) is 32.8 Å². The van der Waals surface area contributed by atoms with E-state index >= 15 is 0 Å². The van der Waals surface area contributed by atoms with Crippen molar-refractivity contribution in [2.45, 2.75) is 19.7 Å². The summed E-state index contributed by atoms with van der Waals surface area (Å²) in [5.41, 5.74) is 1.07. The smallest absolute Gasteiger partial charge is 0.125 e.